The molecule has 0 spiro atoms. The van der Waals surface area contributed by atoms with Crippen molar-refractivity contribution in [2.75, 3.05) is 39.6 Å². The van der Waals surface area contributed by atoms with Crippen molar-refractivity contribution < 1.29 is 62.5 Å². The molecule has 0 aliphatic carbocycles. The van der Waals surface area contributed by atoms with E-state index < -0.39 is 29.9 Å². The average Bonchev–Trinajstić information content (AvgIpc) is 3.72. The van der Waals surface area contributed by atoms with E-state index in [0.717, 1.165) is 128 Å². The second-order valence-electron chi connectivity index (χ2n) is 17.9. The van der Waals surface area contributed by atoms with Crippen molar-refractivity contribution in [2.45, 2.75) is 232 Å². The van der Waals surface area contributed by atoms with Crippen molar-refractivity contribution in [1.82, 2.24) is 0 Å². The highest BCUT2D eigenvalue weighted by Crippen LogP contribution is 2.16. The average molecular weight is 897 g/mol. The fourth-order valence-electron chi connectivity index (χ4n) is 7.56. The summed E-state index contributed by atoms with van der Waals surface area (Å²) in [5.74, 6) is -3.33. The first-order chi connectivity index (χ1) is 30.6. The van der Waals surface area contributed by atoms with Crippen LogP contribution in [0.5, 0.6) is 0 Å². The Hall–Kier alpha value is -3.22. The molecule has 1 fully saturated rings. The topological polar surface area (TPSA) is 174 Å². The minimum Gasteiger partial charge on any atom is -0.465 e. The molecule has 0 bridgehead atoms. The van der Waals surface area contributed by atoms with Crippen molar-refractivity contribution in [1.29, 1.82) is 0 Å². The molecule has 1 aliphatic rings. The van der Waals surface area contributed by atoms with Crippen molar-refractivity contribution in [2.24, 2.45) is 11.8 Å². The highest BCUT2D eigenvalue weighted by molar-refractivity contribution is 5.72. The van der Waals surface area contributed by atoms with Gasteiger partial charge in [-0.15, -0.1) is 0 Å². The number of esters is 6. The molecule has 1 saturated heterocycles. The third kappa shape index (κ3) is 34.8. The molecule has 0 amide bonds. The van der Waals surface area contributed by atoms with Gasteiger partial charge >= 0.3 is 35.8 Å². The van der Waals surface area contributed by atoms with Crippen LogP contribution in [0.2, 0.25) is 0 Å². The number of carbonyl (C=O) groups is 6. The van der Waals surface area contributed by atoms with Crippen LogP contribution in [-0.4, -0.2) is 87.5 Å². The van der Waals surface area contributed by atoms with E-state index >= 15 is 0 Å². The lowest BCUT2D eigenvalue weighted by Gasteiger charge is -2.18. The number of nitrogens with two attached hydrogens (primary N) is 1. The van der Waals surface area contributed by atoms with Gasteiger partial charge < -0.3 is 33.7 Å². The molecule has 0 aromatic rings. The summed E-state index contributed by atoms with van der Waals surface area (Å²) in [7, 11) is 0. The third-order valence-electron chi connectivity index (χ3n) is 11.6. The molecular weight excluding hydrogens is 807 g/mol. The first-order valence-corrected chi connectivity index (χ1v) is 25.4. The van der Waals surface area contributed by atoms with E-state index in [1.807, 2.05) is 5.32 Å². The summed E-state index contributed by atoms with van der Waals surface area (Å²) in [5.41, 5.74) is 0. The summed E-state index contributed by atoms with van der Waals surface area (Å²) in [5, 5.41) is 1.97. The van der Waals surface area contributed by atoms with Gasteiger partial charge in [0.05, 0.1) is 39.3 Å². The highest BCUT2D eigenvalue weighted by atomic mass is 16.6. The Labute approximate surface area is 381 Å². The first-order valence-electron chi connectivity index (χ1n) is 25.4. The number of hydrogen-bond acceptors (Lipinski definition) is 12. The van der Waals surface area contributed by atoms with E-state index in [2.05, 4.69) is 27.7 Å². The van der Waals surface area contributed by atoms with Gasteiger partial charge in [0.2, 0.25) is 0 Å². The molecule has 0 aromatic carbocycles. The van der Waals surface area contributed by atoms with Crippen molar-refractivity contribution in [3.63, 3.8) is 0 Å². The van der Waals surface area contributed by atoms with Crippen LogP contribution in [-0.2, 0) is 57.2 Å². The summed E-state index contributed by atoms with van der Waals surface area (Å²) in [4.78, 5) is 76.1. The standard InChI is InChI=1S/C50H89NO12/c1-5-9-13-17-21-25-29-46(53)59-37-41(36-58-45(52)28-24-20-16-12-8-4)32-49(56)62-40-43-34-44(35-51-43)63-50(57)33-42(38-60-47(54)30-26-22-18-14-10-6-2)39-61-48(55)31-27-23-19-15-11-7-3/h41-44,51H,5-40H2,1-4H3/p+1/t41?,43-,44+/m0/s1. The predicted octanol–water partition coefficient (Wildman–Crippen LogP) is 9.57. The number of carbonyl (C=O) groups excluding carboxylic acids is 6. The van der Waals surface area contributed by atoms with Crippen LogP contribution >= 0.6 is 0 Å². The third-order valence-corrected chi connectivity index (χ3v) is 11.6. The lowest BCUT2D eigenvalue weighted by molar-refractivity contribution is -0.673. The Bertz CT molecular complexity index is 1180. The van der Waals surface area contributed by atoms with Crippen LogP contribution in [0.3, 0.4) is 0 Å². The fraction of sp³-hybridized carbons (Fsp3) is 0.880. The second-order valence-corrected chi connectivity index (χ2v) is 17.9. The molecule has 366 valence electrons. The van der Waals surface area contributed by atoms with Gasteiger partial charge in [0, 0.05) is 43.9 Å². The number of quaternary nitrogens is 1. The fourth-order valence-corrected chi connectivity index (χ4v) is 7.56. The predicted molar refractivity (Wildman–Crippen MR) is 243 cm³/mol. The zero-order valence-corrected chi connectivity index (χ0v) is 40.2. The lowest BCUT2D eigenvalue weighted by Crippen LogP contribution is -2.88. The maximum atomic E-state index is 13.1. The van der Waals surface area contributed by atoms with E-state index in [9.17, 15) is 28.8 Å². The van der Waals surface area contributed by atoms with E-state index in [4.69, 9.17) is 28.4 Å². The maximum absolute atomic E-state index is 13.1. The summed E-state index contributed by atoms with van der Waals surface area (Å²) >= 11 is 0. The number of ether oxygens (including phenoxy) is 6. The Balaban J connectivity index is 2.64. The zero-order valence-electron chi connectivity index (χ0n) is 40.2. The van der Waals surface area contributed by atoms with E-state index in [-0.39, 0.29) is 75.8 Å². The van der Waals surface area contributed by atoms with Crippen LogP contribution in [0.4, 0.5) is 0 Å². The minimum absolute atomic E-state index is 0.0407. The van der Waals surface area contributed by atoms with Crippen molar-refractivity contribution in [3.8, 4) is 0 Å². The molecule has 63 heavy (non-hydrogen) atoms. The monoisotopic (exact) mass is 897 g/mol. The Morgan fingerprint density at radius 2 is 0.730 bits per heavy atom. The van der Waals surface area contributed by atoms with Crippen molar-refractivity contribution in [3.05, 3.63) is 0 Å². The molecule has 13 heteroatoms. The number of rotatable bonds is 42. The van der Waals surface area contributed by atoms with Crippen LogP contribution in [0.15, 0.2) is 0 Å². The Morgan fingerprint density at radius 1 is 0.413 bits per heavy atom. The van der Waals surface area contributed by atoms with Gasteiger partial charge in [-0.1, -0.05) is 150 Å². The normalized spacial score (nSPS) is 15.2. The lowest BCUT2D eigenvalue weighted by atomic mass is 10.1. The molecule has 0 aromatic heterocycles. The minimum atomic E-state index is -0.533. The van der Waals surface area contributed by atoms with Crippen LogP contribution in [0.25, 0.3) is 0 Å². The van der Waals surface area contributed by atoms with E-state index in [1.165, 1.54) is 19.3 Å². The van der Waals surface area contributed by atoms with Crippen LogP contribution in [0, 0.1) is 11.8 Å². The SMILES string of the molecule is CCCCCCCCC(=O)OCC(COC(=O)CCCCCCC)CC(=O)OC[C@@H]1C[C@@H](OC(=O)CC(COC(=O)CCCCCCCC)COC(=O)CCCCCCCC)C[NH2+]1. The molecule has 1 rings (SSSR count). The summed E-state index contributed by atoms with van der Waals surface area (Å²) < 4.78 is 33.5. The maximum Gasteiger partial charge on any atom is 0.306 e. The van der Waals surface area contributed by atoms with E-state index in [0.29, 0.717) is 38.6 Å². The first kappa shape index (κ1) is 57.8. The molecule has 1 unspecified atom stereocenters. The van der Waals surface area contributed by atoms with Gasteiger partial charge in [-0.25, -0.2) is 0 Å². The van der Waals surface area contributed by atoms with E-state index in [1.54, 1.807) is 0 Å². The van der Waals surface area contributed by atoms with Crippen LogP contribution < -0.4 is 5.32 Å². The molecule has 3 atom stereocenters. The molecule has 1 aliphatic heterocycles. The van der Waals surface area contributed by atoms with Crippen molar-refractivity contribution >= 4 is 35.8 Å². The second kappa shape index (κ2) is 40.3. The molecule has 0 radical (unpaired) electrons. The van der Waals surface area contributed by atoms with Gasteiger partial charge in [0.1, 0.15) is 19.2 Å². The summed E-state index contributed by atoms with van der Waals surface area (Å²) in [6.45, 7) is 9.05. The smallest absolute Gasteiger partial charge is 0.306 e. The van der Waals surface area contributed by atoms with Gasteiger partial charge in [-0.05, 0) is 25.7 Å². The quantitative estimate of drug-likeness (QED) is 0.0350. The number of unbranched alkanes of at least 4 members (excludes halogenated alkanes) is 19. The van der Waals surface area contributed by atoms with Gasteiger partial charge in [-0.3, -0.25) is 28.8 Å². The largest absolute Gasteiger partial charge is 0.465 e. The highest BCUT2D eigenvalue weighted by Gasteiger charge is 2.33. The van der Waals surface area contributed by atoms with Gasteiger partial charge in [0.15, 0.2) is 6.10 Å². The Morgan fingerprint density at radius 3 is 1.08 bits per heavy atom. The molecule has 2 N–H and O–H groups in total. The van der Waals surface area contributed by atoms with Crippen LogP contribution in [0.1, 0.15) is 220 Å². The molecule has 0 saturated carbocycles. The molecular formula is C50H90NO12+. The van der Waals surface area contributed by atoms with Gasteiger partial charge in [-0.2, -0.15) is 0 Å². The zero-order chi connectivity index (χ0) is 46.2. The summed E-state index contributed by atoms with van der Waals surface area (Å²) in [6.07, 6.45) is 25.1. The number of hydrogen-bond donors (Lipinski definition) is 1. The Kier molecular flexibility index (Phi) is 37.0. The molecule has 13 nitrogen and oxygen atoms in total. The summed E-state index contributed by atoms with van der Waals surface area (Å²) in [6, 6.07) is -0.132. The molecule has 1 heterocycles. The van der Waals surface area contributed by atoms with Gasteiger partial charge in [0.25, 0.3) is 0 Å².